The molecule has 0 fully saturated rings. The first-order valence-electron chi connectivity index (χ1n) is 10.5. The molecule has 0 bridgehead atoms. The summed E-state index contributed by atoms with van der Waals surface area (Å²) in [5.74, 6) is 0.689. The van der Waals surface area contributed by atoms with E-state index >= 15 is 0 Å². The highest BCUT2D eigenvalue weighted by Crippen LogP contribution is 2.20. The van der Waals surface area contributed by atoms with E-state index in [1.807, 2.05) is 30.3 Å². The van der Waals surface area contributed by atoms with Crippen LogP contribution < -0.4 is 14.8 Å². The molecule has 0 radical (unpaired) electrons. The highest BCUT2D eigenvalue weighted by atomic mass is 16.5. The molecule has 0 aliphatic rings. The molecule has 8 nitrogen and oxygen atoms in total. The Morgan fingerprint density at radius 2 is 1.71 bits per heavy atom. The maximum Gasteiger partial charge on any atom is 0.338 e. The van der Waals surface area contributed by atoms with Gasteiger partial charge in [-0.1, -0.05) is 41.6 Å². The van der Waals surface area contributed by atoms with Crippen molar-refractivity contribution in [2.75, 3.05) is 19.0 Å². The van der Waals surface area contributed by atoms with E-state index in [1.165, 1.54) is 0 Å². The number of nitrogens with zero attached hydrogens (tertiary/aromatic N) is 1. The Bertz CT molecular complexity index is 1250. The van der Waals surface area contributed by atoms with Crippen LogP contribution in [0.15, 0.2) is 89.5 Å². The maximum atomic E-state index is 12.3. The van der Waals surface area contributed by atoms with Gasteiger partial charge in [0.25, 0.3) is 5.91 Å². The summed E-state index contributed by atoms with van der Waals surface area (Å²) < 4.78 is 21.2. The zero-order chi connectivity index (χ0) is 23.8. The lowest BCUT2D eigenvalue weighted by atomic mass is 10.1. The third-order valence-corrected chi connectivity index (χ3v) is 4.79. The topological polar surface area (TPSA) is 99.9 Å². The number of esters is 1. The highest BCUT2D eigenvalue weighted by Gasteiger charge is 2.12. The van der Waals surface area contributed by atoms with Crippen molar-refractivity contribution in [2.24, 2.45) is 0 Å². The number of nitrogens with one attached hydrogen (secondary N) is 1. The Kier molecular flexibility index (Phi) is 7.19. The molecule has 1 amide bonds. The quantitative estimate of drug-likeness (QED) is 0.362. The van der Waals surface area contributed by atoms with Crippen molar-refractivity contribution in [1.29, 1.82) is 0 Å². The van der Waals surface area contributed by atoms with E-state index in [0.717, 1.165) is 5.56 Å². The van der Waals surface area contributed by atoms with Gasteiger partial charge in [-0.3, -0.25) is 4.79 Å². The fourth-order valence-electron chi connectivity index (χ4n) is 3.08. The van der Waals surface area contributed by atoms with Crippen LogP contribution in [0.4, 0.5) is 5.69 Å². The lowest BCUT2D eigenvalue weighted by Crippen LogP contribution is -2.20. The second-order valence-corrected chi connectivity index (χ2v) is 7.21. The van der Waals surface area contributed by atoms with Gasteiger partial charge >= 0.3 is 5.97 Å². The lowest BCUT2D eigenvalue weighted by molar-refractivity contribution is -0.118. The van der Waals surface area contributed by atoms with Crippen LogP contribution in [0.25, 0.3) is 11.3 Å². The van der Waals surface area contributed by atoms with Gasteiger partial charge in [-0.05, 0) is 36.4 Å². The fraction of sp³-hybridized carbons (Fsp3) is 0.115. The summed E-state index contributed by atoms with van der Waals surface area (Å²) in [6.45, 7) is -0.225. The Morgan fingerprint density at radius 3 is 2.47 bits per heavy atom. The van der Waals surface area contributed by atoms with Crippen molar-refractivity contribution in [2.45, 2.75) is 6.61 Å². The fourth-order valence-corrected chi connectivity index (χ4v) is 3.08. The van der Waals surface area contributed by atoms with Crippen LogP contribution in [0.1, 0.15) is 16.1 Å². The molecule has 0 aliphatic carbocycles. The monoisotopic (exact) mass is 458 g/mol. The van der Waals surface area contributed by atoms with Gasteiger partial charge in [0.15, 0.2) is 19.0 Å². The maximum absolute atomic E-state index is 12.3. The molecule has 0 saturated heterocycles. The van der Waals surface area contributed by atoms with Gasteiger partial charge < -0.3 is 24.1 Å². The van der Waals surface area contributed by atoms with E-state index in [-0.39, 0.29) is 19.1 Å². The SMILES string of the molecule is COc1cccc(NC(=O)COc2ccc(C(=O)OCc3cc(-c4ccccc4)no3)cc2)c1. The van der Waals surface area contributed by atoms with E-state index in [9.17, 15) is 9.59 Å². The van der Waals surface area contributed by atoms with Gasteiger partial charge in [0, 0.05) is 23.4 Å². The largest absolute Gasteiger partial charge is 0.497 e. The Labute approximate surface area is 196 Å². The van der Waals surface area contributed by atoms with Gasteiger partial charge in [-0.15, -0.1) is 0 Å². The summed E-state index contributed by atoms with van der Waals surface area (Å²) in [7, 11) is 1.56. The first-order valence-corrected chi connectivity index (χ1v) is 10.5. The molecule has 0 atom stereocenters. The molecule has 172 valence electrons. The number of rotatable bonds is 9. The van der Waals surface area contributed by atoms with Gasteiger partial charge in [-0.2, -0.15) is 0 Å². The lowest BCUT2D eigenvalue weighted by Gasteiger charge is -2.09. The normalized spacial score (nSPS) is 10.4. The number of carbonyl (C=O) groups is 2. The highest BCUT2D eigenvalue weighted by molar-refractivity contribution is 5.92. The van der Waals surface area contributed by atoms with Gasteiger partial charge in [0.1, 0.15) is 17.2 Å². The van der Waals surface area contributed by atoms with Crippen LogP contribution in [-0.2, 0) is 16.1 Å². The number of carbonyl (C=O) groups excluding carboxylic acids is 2. The number of methoxy groups -OCH3 is 1. The number of aromatic nitrogens is 1. The van der Waals surface area contributed by atoms with Crippen molar-refractivity contribution in [1.82, 2.24) is 5.16 Å². The number of benzene rings is 3. The van der Waals surface area contributed by atoms with Crippen molar-refractivity contribution >= 4 is 17.6 Å². The molecule has 4 rings (SSSR count). The van der Waals surface area contributed by atoms with E-state index in [4.69, 9.17) is 18.7 Å². The minimum absolute atomic E-state index is 0.0403. The molecule has 3 aromatic carbocycles. The molecule has 1 aromatic heterocycles. The second kappa shape index (κ2) is 10.8. The number of anilines is 1. The average Bonchev–Trinajstić information content (AvgIpc) is 3.36. The summed E-state index contributed by atoms with van der Waals surface area (Å²) >= 11 is 0. The van der Waals surface area contributed by atoms with Crippen LogP contribution in [-0.4, -0.2) is 30.7 Å². The van der Waals surface area contributed by atoms with Crippen molar-refractivity contribution in [3.8, 4) is 22.8 Å². The Morgan fingerprint density at radius 1 is 0.912 bits per heavy atom. The zero-order valence-corrected chi connectivity index (χ0v) is 18.4. The van der Waals surface area contributed by atoms with E-state index < -0.39 is 5.97 Å². The first-order chi connectivity index (χ1) is 16.6. The van der Waals surface area contributed by atoms with Crippen LogP contribution in [0, 0.1) is 0 Å². The van der Waals surface area contributed by atoms with E-state index in [2.05, 4.69) is 10.5 Å². The summed E-state index contributed by atoms with van der Waals surface area (Å²) in [4.78, 5) is 24.4. The zero-order valence-electron chi connectivity index (χ0n) is 18.4. The summed E-state index contributed by atoms with van der Waals surface area (Å²) in [5, 5.41) is 6.73. The predicted molar refractivity (Wildman–Crippen MR) is 125 cm³/mol. The number of hydrogen-bond acceptors (Lipinski definition) is 7. The molecular formula is C26H22N2O6. The van der Waals surface area contributed by atoms with Crippen LogP contribution in [0.2, 0.25) is 0 Å². The van der Waals surface area contributed by atoms with Crippen LogP contribution >= 0.6 is 0 Å². The number of hydrogen-bond donors (Lipinski definition) is 1. The van der Waals surface area contributed by atoms with Gasteiger partial charge in [0.2, 0.25) is 0 Å². The third kappa shape index (κ3) is 6.01. The first kappa shape index (κ1) is 22.6. The van der Waals surface area contributed by atoms with Gasteiger partial charge in [0.05, 0.1) is 12.7 Å². The van der Waals surface area contributed by atoms with Crippen LogP contribution in [0.5, 0.6) is 11.5 Å². The molecule has 0 aliphatic heterocycles. The Hall–Kier alpha value is -4.59. The van der Waals surface area contributed by atoms with Crippen molar-refractivity contribution < 1.29 is 28.3 Å². The van der Waals surface area contributed by atoms with Gasteiger partial charge in [-0.25, -0.2) is 4.79 Å². The third-order valence-electron chi connectivity index (χ3n) is 4.79. The Balaban J connectivity index is 1.25. The van der Waals surface area contributed by atoms with E-state index in [0.29, 0.717) is 34.2 Å². The molecule has 34 heavy (non-hydrogen) atoms. The average molecular weight is 458 g/mol. The van der Waals surface area contributed by atoms with Crippen LogP contribution in [0.3, 0.4) is 0 Å². The minimum atomic E-state index is -0.514. The molecule has 0 unspecified atom stereocenters. The summed E-state index contributed by atoms with van der Waals surface area (Å²) in [5.41, 5.74) is 2.53. The molecular weight excluding hydrogens is 436 g/mol. The molecule has 8 heteroatoms. The summed E-state index contributed by atoms with van der Waals surface area (Å²) in [6, 6.07) is 24.6. The summed E-state index contributed by atoms with van der Waals surface area (Å²) in [6.07, 6.45) is 0. The molecule has 0 spiro atoms. The van der Waals surface area contributed by atoms with Crippen molar-refractivity contribution in [3.63, 3.8) is 0 Å². The van der Waals surface area contributed by atoms with E-state index in [1.54, 1.807) is 61.7 Å². The predicted octanol–water partition coefficient (Wildman–Crippen LogP) is 4.72. The molecule has 1 heterocycles. The smallest absolute Gasteiger partial charge is 0.338 e. The number of ether oxygens (including phenoxy) is 3. The number of amides is 1. The molecule has 0 saturated carbocycles. The standard InChI is InChI=1S/C26H22N2O6/c1-31-22-9-5-8-20(14-22)27-25(29)17-32-21-12-10-19(11-13-21)26(30)33-16-23-15-24(28-34-23)18-6-3-2-4-7-18/h2-15H,16-17H2,1H3,(H,27,29). The van der Waals surface area contributed by atoms with Crippen molar-refractivity contribution in [3.05, 3.63) is 96.3 Å². The molecule has 1 N–H and O–H groups in total. The molecule has 4 aromatic rings. The second-order valence-electron chi connectivity index (χ2n) is 7.21. The minimum Gasteiger partial charge on any atom is -0.497 e.